The van der Waals surface area contributed by atoms with Gasteiger partial charge in [-0.05, 0) is 24.7 Å². The Labute approximate surface area is 78.5 Å². The highest BCUT2D eigenvalue weighted by Gasteiger charge is 2.59. The molecule has 0 bridgehead atoms. The first-order valence-corrected chi connectivity index (χ1v) is 4.88. The minimum atomic E-state index is -0.484. The molecule has 1 saturated carbocycles. The van der Waals surface area contributed by atoms with Crippen molar-refractivity contribution in [2.24, 2.45) is 17.3 Å². The van der Waals surface area contributed by atoms with Gasteiger partial charge < -0.3 is 5.11 Å². The molecule has 0 aromatic carbocycles. The van der Waals surface area contributed by atoms with Crippen LogP contribution >= 0.6 is 0 Å². The highest BCUT2D eigenvalue weighted by atomic mass is 16.3. The summed E-state index contributed by atoms with van der Waals surface area (Å²) in [4.78, 5) is 11.2. The number of aliphatic hydroxyl groups excluding tert-OH is 1. The van der Waals surface area contributed by atoms with Gasteiger partial charge in [-0.2, -0.15) is 0 Å². The molecule has 4 atom stereocenters. The van der Waals surface area contributed by atoms with Crippen molar-refractivity contribution in [2.75, 3.05) is 0 Å². The molecule has 2 fully saturated rings. The molecule has 1 heterocycles. The first-order valence-electron chi connectivity index (χ1n) is 4.88. The average molecular weight is 183 g/mol. The van der Waals surface area contributed by atoms with Crippen LogP contribution in [0.4, 0.5) is 0 Å². The lowest BCUT2D eigenvalue weighted by Gasteiger charge is -2.49. The fourth-order valence-corrected chi connectivity index (χ4v) is 3.11. The first-order chi connectivity index (χ1) is 5.93. The van der Waals surface area contributed by atoms with Gasteiger partial charge in [-0.15, -0.1) is 0 Å². The Morgan fingerprint density at radius 2 is 2.15 bits per heavy atom. The van der Waals surface area contributed by atoms with Crippen LogP contribution in [0.2, 0.25) is 0 Å². The Balaban J connectivity index is 2.16. The molecule has 74 valence electrons. The highest BCUT2D eigenvalue weighted by molar-refractivity contribution is 5.82. The number of carbonyl (C=O) groups excluding carboxylic acids is 1. The van der Waals surface area contributed by atoms with Crippen molar-refractivity contribution < 1.29 is 9.90 Å². The Kier molecular flexibility index (Phi) is 1.79. The minimum Gasteiger partial charge on any atom is -0.378 e. The molecule has 2 N–H and O–H groups in total. The van der Waals surface area contributed by atoms with Crippen molar-refractivity contribution in [2.45, 2.75) is 39.5 Å². The summed E-state index contributed by atoms with van der Waals surface area (Å²) in [6, 6.07) is -0.104. The summed E-state index contributed by atoms with van der Waals surface area (Å²) in [5.41, 5.74) is 0.196. The van der Waals surface area contributed by atoms with Crippen LogP contribution in [0.15, 0.2) is 0 Å². The predicted octanol–water partition coefficient (Wildman–Crippen LogP) is 0.528. The maximum Gasteiger partial charge on any atom is 0.147 e. The van der Waals surface area contributed by atoms with E-state index in [0.717, 1.165) is 6.42 Å². The Morgan fingerprint density at radius 1 is 1.54 bits per heavy atom. The number of hydrogen-bond acceptors (Lipinski definition) is 3. The van der Waals surface area contributed by atoms with E-state index >= 15 is 0 Å². The number of fused-ring (bicyclic) bond motifs is 1. The zero-order valence-electron chi connectivity index (χ0n) is 8.37. The lowest BCUT2D eigenvalue weighted by atomic mass is 9.55. The van der Waals surface area contributed by atoms with Crippen molar-refractivity contribution in [3.05, 3.63) is 0 Å². The summed E-state index contributed by atoms with van der Waals surface area (Å²) < 4.78 is 0. The second-order valence-corrected chi connectivity index (χ2v) is 5.08. The van der Waals surface area contributed by atoms with E-state index in [1.165, 1.54) is 0 Å². The summed E-state index contributed by atoms with van der Waals surface area (Å²) in [5, 5.41) is 12.7. The molecule has 13 heavy (non-hydrogen) atoms. The van der Waals surface area contributed by atoms with Crippen LogP contribution in [0, 0.1) is 17.3 Å². The molecule has 0 amide bonds. The molecule has 2 aliphatic rings. The molecule has 1 aliphatic carbocycles. The van der Waals surface area contributed by atoms with E-state index in [-0.39, 0.29) is 23.2 Å². The average Bonchev–Trinajstić information content (AvgIpc) is 2.22. The molecule has 0 radical (unpaired) electrons. The SMILES string of the molecule is CC(=O)[C@H]1NC(O)[C@H]2[C@@H]1CC2(C)C. The molecule has 2 rings (SSSR count). The van der Waals surface area contributed by atoms with Crippen molar-refractivity contribution in [1.82, 2.24) is 5.32 Å². The fourth-order valence-electron chi connectivity index (χ4n) is 3.11. The summed E-state index contributed by atoms with van der Waals surface area (Å²) in [5.74, 6) is 0.783. The van der Waals surface area contributed by atoms with Crippen LogP contribution in [-0.4, -0.2) is 23.2 Å². The topological polar surface area (TPSA) is 49.3 Å². The number of carbonyl (C=O) groups is 1. The van der Waals surface area contributed by atoms with Gasteiger partial charge in [0.2, 0.25) is 0 Å². The first kappa shape index (κ1) is 9.16. The van der Waals surface area contributed by atoms with Gasteiger partial charge in [0.05, 0.1) is 6.04 Å². The predicted molar refractivity (Wildman–Crippen MR) is 49.0 cm³/mol. The van der Waals surface area contributed by atoms with Crippen molar-refractivity contribution in [1.29, 1.82) is 0 Å². The Bertz CT molecular complexity index is 249. The van der Waals surface area contributed by atoms with E-state index in [4.69, 9.17) is 0 Å². The summed E-state index contributed by atoms with van der Waals surface area (Å²) in [6.07, 6.45) is 0.564. The molecular formula is C10H17NO2. The van der Waals surface area contributed by atoms with E-state index in [0.29, 0.717) is 5.92 Å². The number of Topliss-reactive ketones (excluding diaryl/α,β-unsaturated/α-hetero) is 1. The largest absolute Gasteiger partial charge is 0.378 e. The van der Waals surface area contributed by atoms with Crippen molar-refractivity contribution in [3.8, 4) is 0 Å². The van der Waals surface area contributed by atoms with Gasteiger partial charge in [0.1, 0.15) is 12.0 Å². The van der Waals surface area contributed by atoms with Gasteiger partial charge in [-0.3, -0.25) is 10.1 Å². The fraction of sp³-hybridized carbons (Fsp3) is 0.900. The number of rotatable bonds is 1. The number of aliphatic hydroxyl groups is 1. The molecule has 3 nitrogen and oxygen atoms in total. The zero-order valence-corrected chi connectivity index (χ0v) is 8.37. The maximum absolute atomic E-state index is 11.2. The maximum atomic E-state index is 11.2. The van der Waals surface area contributed by atoms with Crippen LogP contribution in [0.1, 0.15) is 27.2 Å². The third-order valence-corrected chi connectivity index (χ3v) is 3.68. The van der Waals surface area contributed by atoms with E-state index < -0.39 is 6.23 Å². The van der Waals surface area contributed by atoms with E-state index in [1.54, 1.807) is 6.92 Å². The van der Waals surface area contributed by atoms with Crippen LogP contribution in [0.25, 0.3) is 0 Å². The molecule has 1 aliphatic heterocycles. The third-order valence-electron chi connectivity index (χ3n) is 3.68. The lowest BCUT2D eigenvalue weighted by molar-refractivity contribution is -0.122. The van der Waals surface area contributed by atoms with Gasteiger partial charge in [-0.1, -0.05) is 13.8 Å². The molecule has 1 saturated heterocycles. The monoisotopic (exact) mass is 183 g/mol. The van der Waals surface area contributed by atoms with Crippen LogP contribution < -0.4 is 5.32 Å². The lowest BCUT2D eigenvalue weighted by Crippen LogP contribution is -2.48. The van der Waals surface area contributed by atoms with E-state index in [9.17, 15) is 9.90 Å². The second-order valence-electron chi connectivity index (χ2n) is 5.08. The summed E-state index contributed by atoms with van der Waals surface area (Å²) in [6.45, 7) is 5.90. The van der Waals surface area contributed by atoms with E-state index in [2.05, 4.69) is 19.2 Å². The Hall–Kier alpha value is -0.410. The number of nitrogens with one attached hydrogen (secondary N) is 1. The molecule has 3 heteroatoms. The van der Waals surface area contributed by atoms with Gasteiger partial charge in [0.25, 0.3) is 0 Å². The molecular weight excluding hydrogens is 166 g/mol. The normalized spacial score (nSPS) is 46.8. The zero-order chi connectivity index (χ0) is 9.80. The van der Waals surface area contributed by atoms with Crippen molar-refractivity contribution in [3.63, 3.8) is 0 Å². The summed E-state index contributed by atoms with van der Waals surface area (Å²) in [7, 11) is 0. The molecule has 0 aromatic rings. The molecule has 0 aromatic heterocycles. The van der Waals surface area contributed by atoms with Gasteiger partial charge >= 0.3 is 0 Å². The minimum absolute atomic E-state index is 0.104. The molecule has 0 spiro atoms. The summed E-state index contributed by atoms with van der Waals surface area (Å²) >= 11 is 0. The second kappa shape index (κ2) is 2.55. The number of ketones is 1. The molecule has 1 unspecified atom stereocenters. The number of hydrogen-bond donors (Lipinski definition) is 2. The highest BCUT2D eigenvalue weighted by Crippen LogP contribution is 2.56. The van der Waals surface area contributed by atoms with Crippen molar-refractivity contribution >= 4 is 5.78 Å². The Morgan fingerprint density at radius 3 is 2.54 bits per heavy atom. The van der Waals surface area contributed by atoms with Gasteiger partial charge in [0.15, 0.2) is 0 Å². The third kappa shape index (κ3) is 1.14. The quantitative estimate of drug-likeness (QED) is 0.623. The van der Waals surface area contributed by atoms with E-state index in [1.807, 2.05) is 0 Å². The van der Waals surface area contributed by atoms with Crippen LogP contribution in [-0.2, 0) is 4.79 Å². The smallest absolute Gasteiger partial charge is 0.147 e. The van der Waals surface area contributed by atoms with Gasteiger partial charge in [0, 0.05) is 5.92 Å². The van der Waals surface area contributed by atoms with Crippen LogP contribution in [0.5, 0.6) is 0 Å². The van der Waals surface area contributed by atoms with Gasteiger partial charge in [-0.25, -0.2) is 0 Å². The van der Waals surface area contributed by atoms with Crippen LogP contribution in [0.3, 0.4) is 0 Å². The standard InChI is InChI=1S/C10H17NO2/c1-5(12)8-6-4-10(2,3)7(6)9(13)11-8/h6-9,11,13H,4H2,1-3H3/t6-,7+,8+,9?/m0/s1.